The van der Waals surface area contributed by atoms with E-state index < -0.39 is 0 Å². The molecule has 1 atom stereocenters. The summed E-state index contributed by atoms with van der Waals surface area (Å²) >= 11 is 0. The van der Waals surface area contributed by atoms with Crippen LogP contribution in [0.25, 0.3) is 44.5 Å². The molecule has 0 heteroatoms. The van der Waals surface area contributed by atoms with Gasteiger partial charge in [-0.15, -0.1) is 0 Å². The molecule has 0 amide bonds. The molecule has 1 spiro atoms. The molecule has 0 aliphatic heterocycles. The minimum atomic E-state index is -0.344. The van der Waals surface area contributed by atoms with E-state index in [0.717, 1.165) is 0 Å². The predicted molar refractivity (Wildman–Crippen MR) is 158 cm³/mol. The zero-order valence-corrected chi connectivity index (χ0v) is 21.3. The fraction of sp³-hybridized carbons (Fsp3) is 0.0526. The van der Waals surface area contributed by atoms with Gasteiger partial charge in [-0.05, 0) is 85.8 Å². The molecular formula is C38H26. The van der Waals surface area contributed by atoms with Gasteiger partial charge in [0.05, 0.1) is 5.41 Å². The molecule has 1 unspecified atom stereocenters. The first-order valence-electron chi connectivity index (χ1n) is 13.4. The lowest BCUT2D eigenvalue weighted by molar-refractivity contribution is 0.794. The summed E-state index contributed by atoms with van der Waals surface area (Å²) in [6, 6.07) is 51.9. The normalized spacial score (nSPS) is 16.1. The minimum Gasteiger partial charge on any atom is -0.0622 e. The molecule has 6 aromatic rings. The van der Waals surface area contributed by atoms with Crippen LogP contribution in [-0.4, -0.2) is 0 Å². The van der Waals surface area contributed by atoms with Gasteiger partial charge in [-0.3, -0.25) is 0 Å². The van der Waals surface area contributed by atoms with Gasteiger partial charge in [-0.25, -0.2) is 0 Å². The molecule has 0 saturated heterocycles. The second-order valence-corrected chi connectivity index (χ2v) is 10.6. The van der Waals surface area contributed by atoms with Gasteiger partial charge in [0.2, 0.25) is 0 Å². The molecule has 38 heavy (non-hydrogen) atoms. The number of rotatable bonds is 2. The molecule has 0 nitrogen and oxygen atoms in total. The van der Waals surface area contributed by atoms with Gasteiger partial charge in [0.1, 0.15) is 0 Å². The topological polar surface area (TPSA) is 0 Å². The first-order chi connectivity index (χ1) is 18.7. The number of benzene rings is 6. The average Bonchev–Trinajstić information content (AvgIpc) is 3.44. The Balaban J connectivity index is 1.48. The molecule has 0 N–H and O–H groups in total. The number of aryl methyl sites for hydroxylation is 1. The fourth-order valence-electron chi connectivity index (χ4n) is 6.87. The lowest BCUT2D eigenvalue weighted by Crippen LogP contribution is -2.26. The van der Waals surface area contributed by atoms with Crippen LogP contribution in [0.2, 0.25) is 0 Å². The van der Waals surface area contributed by atoms with Crippen molar-refractivity contribution in [2.24, 2.45) is 0 Å². The SMILES string of the molecule is Cc1ccc(-c2ccc3c(c2)C2(c4ccccc4-c4ccc(-c5ccccc5)cc42)c2ccccc2-3)cc1. The maximum absolute atomic E-state index is 2.46. The molecular weight excluding hydrogens is 456 g/mol. The van der Waals surface area contributed by atoms with Crippen LogP contribution in [0.3, 0.4) is 0 Å². The summed E-state index contributed by atoms with van der Waals surface area (Å²) in [7, 11) is 0. The molecule has 0 saturated carbocycles. The Morgan fingerprint density at radius 2 is 0.763 bits per heavy atom. The molecule has 0 radical (unpaired) electrons. The number of hydrogen-bond donors (Lipinski definition) is 0. The van der Waals surface area contributed by atoms with Crippen molar-refractivity contribution in [1.29, 1.82) is 0 Å². The zero-order valence-electron chi connectivity index (χ0n) is 21.3. The smallest absolute Gasteiger partial charge is 0.0622 e. The third-order valence-corrected chi connectivity index (χ3v) is 8.58. The molecule has 2 aliphatic rings. The monoisotopic (exact) mass is 482 g/mol. The summed E-state index contributed by atoms with van der Waals surface area (Å²) in [5.41, 5.74) is 16.9. The Kier molecular flexibility index (Phi) is 4.46. The van der Waals surface area contributed by atoms with Crippen molar-refractivity contribution in [3.63, 3.8) is 0 Å². The highest BCUT2D eigenvalue weighted by atomic mass is 14.5. The zero-order chi connectivity index (χ0) is 25.3. The van der Waals surface area contributed by atoms with E-state index >= 15 is 0 Å². The first kappa shape index (κ1) is 21.4. The third kappa shape index (κ3) is 2.80. The van der Waals surface area contributed by atoms with Crippen LogP contribution in [0.4, 0.5) is 0 Å². The van der Waals surface area contributed by atoms with Crippen molar-refractivity contribution in [2.75, 3.05) is 0 Å². The van der Waals surface area contributed by atoms with E-state index in [9.17, 15) is 0 Å². The van der Waals surface area contributed by atoms with Gasteiger partial charge in [-0.2, -0.15) is 0 Å². The van der Waals surface area contributed by atoms with Crippen molar-refractivity contribution in [1.82, 2.24) is 0 Å². The van der Waals surface area contributed by atoms with Crippen LogP contribution < -0.4 is 0 Å². The van der Waals surface area contributed by atoms with Crippen molar-refractivity contribution in [3.05, 3.63) is 167 Å². The van der Waals surface area contributed by atoms with Crippen LogP contribution in [0.15, 0.2) is 140 Å². The summed E-state index contributed by atoms with van der Waals surface area (Å²) in [6.07, 6.45) is 0. The molecule has 0 heterocycles. The van der Waals surface area contributed by atoms with E-state index in [4.69, 9.17) is 0 Å². The maximum Gasteiger partial charge on any atom is 0.0725 e. The lowest BCUT2D eigenvalue weighted by Gasteiger charge is -2.31. The average molecular weight is 483 g/mol. The van der Waals surface area contributed by atoms with E-state index in [-0.39, 0.29) is 5.41 Å². The van der Waals surface area contributed by atoms with Crippen molar-refractivity contribution in [2.45, 2.75) is 12.3 Å². The molecule has 0 fully saturated rings. The van der Waals surface area contributed by atoms with Crippen molar-refractivity contribution in [3.8, 4) is 44.5 Å². The highest BCUT2D eigenvalue weighted by Gasteiger charge is 2.51. The van der Waals surface area contributed by atoms with Gasteiger partial charge in [0, 0.05) is 0 Å². The van der Waals surface area contributed by atoms with Gasteiger partial charge in [-0.1, -0.05) is 133 Å². The maximum atomic E-state index is 2.46. The highest BCUT2D eigenvalue weighted by Crippen LogP contribution is 2.63. The largest absolute Gasteiger partial charge is 0.0725 e. The van der Waals surface area contributed by atoms with E-state index in [1.807, 2.05) is 0 Å². The van der Waals surface area contributed by atoms with E-state index in [0.29, 0.717) is 0 Å². The summed E-state index contributed by atoms with van der Waals surface area (Å²) in [6.45, 7) is 2.15. The Bertz CT molecular complexity index is 1840. The van der Waals surface area contributed by atoms with Crippen LogP contribution in [-0.2, 0) is 5.41 Å². The van der Waals surface area contributed by atoms with Gasteiger partial charge < -0.3 is 0 Å². The Hall–Kier alpha value is -4.68. The fourth-order valence-corrected chi connectivity index (χ4v) is 6.87. The molecule has 0 aromatic heterocycles. The molecule has 178 valence electrons. The summed E-state index contributed by atoms with van der Waals surface area (Å²) in [4.78, 5) is 0. The number of fused-ring (bicyclic) bond motifs is 10. The van der Waals surface area contributed by atoms with Crippen LogP contribution in [0, 0.1) is 6.92 Å². The summed E-state index contributed by atoms with van der Waals surface area (Å²) in [5, 5.41) is 0. The molecule has 2 aliphatic carbocycles. The Morgan fingerprint density at radius 3 is 1.32 bits per heavy atom. The van der Waals surface area contributed by atoms with E-state index in [1.165, 1.54) is 72.3 Å². The lowest BCUT2D eigenvalue weighted by atomic mass is 9.70. The highest BCUT2D eigenvalue weighted by molar-refractivity contribution is 5.96. The van der Waals surface area contributed by atoms with Gasteiger partial charge in [0.15, 0.2) is 0 Å². The van der Waals surface area contributed by atoms with Crippen molar-refractivity contribution < 1.29 is 0 Å². The van der Waals surface area contributed by atoms with E-state index in [1.54, 1.807) is 0 Å². The first-order valence-corrected chi connectivity index (χ1v) is 13.4. The van der Waals surface area contributed by atoms with Crippen molar-refractivity contribution >= 4 is 0 Å². The predicted octanol–water partition coefficient (Wildman–Crippen LogP) is 9.67. The van der Waals surface area contributed by atoms with Crippen LogP contribution >= 0.6 is 0 Å². The standard InChI is InChI=1S/C38H26/c1-25-15-17-27(18-16-25)29-20-22-33-31-12-6-8-14-35(31)38(37(33)24-29)34-13-7-5-11-30(34)32-21-19-28(23-36(32)38)26-9-3-2-4-10-26/h2-24H,1H3. The number of hydrogen-bond acceptors (Lipinski definition) is 0. The summed E-state index contributed by atoms with van der Waals surface area (Å²) < 4.78 is 0. The van der Waals surface area contributed by atoms with Crippen LogP contribution in [0.1, 0.15) is 27.8 Å². The van der Waals surface area contributed by atoms with Crippen LogP contribution in [0.5, 0.6) is 0 Å². The molecule has 0 bridgehead atoms. The summed E-state index contributed by atoms with van der Waals surface area (Å²) in [5.74, 6) is 0. The molecule has 8 rings (SSSR count). The quantitative estimate of drug-likeness (QED) is 0.230. The minimum absolute atomic E-state index is 0.344. The molecule has 6 aromatic carbocycles. The van der Waals surface area contributed by atoms with E-state index in [2.05, 4.69) is 146 Å². The second kappa shape index (κ2) is 7.91. The Morgan fingerprint density at radius 1 is 0.342 bits per heavy atom. The second-order valence-electron chi connectivity index (χ2n) is 10.6. The Labute approximate surface area is 223 Å². The third-order valence-electron chi connectivity index (χ3n) is 8.58. The van der Waals surface area contributed by atoms with Gasteiger partial charge >= 0.3 is 0 Å². The van der Waals surface area contributed by atoms with Gasteiger partial charge in [0.25, 0.3) is 0 Å².